The van der Waals surface area contributed by atoms with Gasteiger partial charge in [-0.15, -0.1) is 0 Å². The van der Waals surface area contributed by atoms with Crippen molar-refractivity contribution < 1.29 is 67.3 Å². The molecule has 1 fully saturated rings. The Morgan fingerprint density at radius 3 is 1.82 bits per heavy atom. The van der Waals surface area contributed by atoms with E-state index in [0.29, 0.717) is 44.2 Å². The van der Waals surface area contributed by atoms with Crippen LogP contribution in [0.1, 0.15) is 125 Å². The number of benzene rings is 1. The molecule has 0 spiro atoms. The van der Waals surface area contributed by atoms with Crippen LogP contribution in [0.15, 0.2) is 24.3 Å². The Kier molecular flexibility index (Phi) is 26.5. The van der Waals surface area contributed by atoms with E-state index < -0.39 is 127 Å². The smallest absolute Gasteiger partial charge is 0.373 e. The molecule has 1 aromatic rings. The largest absolute Gasteiger partial charge is 0.481 e. The monoisotopic (exact) mass is 1050 g/mol. The van der Waals surface area contributed by atoms with Gasteiger partial charge in [0.05, 0.1) is 6.04 Å². The van der Waals surface area contributed by atoms with Crippen LogP contribution < -0.4 is 47.9 Å². The number of nitrogens with zero attached hydrogens (tertiary/aromatic N) is 1. The fourth-order valence-electron chi connectivity index (χ4n) is 8.22. The normalized spacial score (nSPS) is 17.7. The maximum atomic E-state index is 14.5. The predicted molar refractivity (Wildman–Crippen MR) is 271 cm³/mol. The minimum Gasteiger partial charge on any atom is -0.481 e. The lowest BCUT2D eigenvalue weighted by molar-refractivity contribution is -0.144. The Bertz CT molecular complexity index is 2090. The van der Waals surface area contributed by atoms with Gasteiger partial charge in [-0.05, 0) is 99.3 Å². The highest BCUT2D eigenvalue weighted by molar-refractivity contribution is 7.52. The number of amides is 7. The van der Waals surface area contributed by atoms with Gasteiger partial charge in [0, 0.05) is 26.1 Å². The Morgan fingerprint density at radius 2 is 1.29 bits per heavy atom. The molecule has 10 atom stereocenters. The number of carbonyl (C=O) groups is 9. The van der Waals surface area contributed by atoms with Crippen molar-refractivity contribution in [2.75, 3.05) is 19.8 Å². The summed E-state index contributed by atoms with van der Waals surface area (Å²) in [5, 5.41) is 35.1. The Hall–Kier alpha value is -5.64. The van der Waals surface area contributed by atoms with Crippen LogP contribution in [0, 0.1) is 23.7 Å². The molecule has 24 heteroatoms. The third-order valence-corrected chi connectivity index (χ3v) is 12.9. The molecule has 1 aromatic carbocycles. The van der Waals surface area contributed by atoms with Gasteiger partial charge in [-0.25, -0.2) is 9.36 Å². The van der Waals surface area contributed by atoms with Crippen LogP contribution in [-0.2, 0) is 54.1 Å². The molecule has 412 valence electrons. The fourth-order valence-corrected chi connectivity index (χ4v) is 8.73. The van der Waals surface area contributed by atoms with E-state index in [9.17, 15) is 62.8 Å². The van der Waals surface area contributed by atoms with E-state index in [4.69, 9.17) is 16.0 Å². The Labute approximate surface area is 428 Å². The van der Waals surface area contributed by atoms with E-state index in [0.717, 1.165) is 6.66 Å². The number of carbonyl (C=O) groups excluding carboxylic acids is 7. The number of hydrogen-bond acceptors (Lipinski definition) is 13. The van der Waals surface area contributed by atoms with Crippen LogP contribution in [0.4, 0.5) is 0 Å². The van der Waals surface area contributed by atoms with Crippen molar-refractivity contribution in [1.82, 2.24) is 36.8 Å². The number of carboxylic acid groups (broad SMARTS) is 2. The molecular formula is C49H82N9O14P. The molecule has 2 rings (SSSR count). The minimum atomic E-state index is -3.91. The number of nitrogens with one attached hydrogen (secondary N) is 6. The van der Waals surface area contributed by atoms with E-state index in [1.54, 1.807) is 20.8 Å². The average Bonchev–Trinajstić information content (AvgIpc) is 3.80. The molecule has 1 unspecified atom stereocenters. The van der Waals surface area contributed by atoms with Gasteiger partial charge >= 0.3 is 19.5 Å². The highest BCUT2D eigenvalue weighted by atomic mass is 31.2. The zero-order chi connectivity index (χ0) is 55.3. The predicted octanol–water partition coefficient (Wildman–Crippen LogP) is 1.52. The van der Waals surface area contributed by atoms with Gasteiger partial charge in [-0.3, -0.25) is 38.4 Å². The number of likely N-dealkylation sites (tertiary alicyclic amines) is 1. The highest BCUT2D eigenvalue weighted by Crippen LogP contribution is 2.38. The molecule has 1 saturated heterocycles. The molecule has 13 N–H and O–H groups in total. The SMILES string of the molecule is CC[C@H](C)[C@H](NC(=O)[C@@H](N)CC(C)C)C(=O)N[C@@H](Cc1ccc(OP(C)(=O)O)cc1)C(=O)N[C@@H](CC(C)C)C(=O)N[C@H](C(=O)N1CCC[C@H]1C(=O)N[C@@H](CCC(=O)O)C(=O)N[C@@H](CCCCN)C(=O)O)C(C)C. The number of hydrogen-bond donors (Lipinski definition) is 11. The molecule has 0 bridgehead atoms. The first-order valence-electron chi connectivity index (χ1n) is 25.2. The third kappa shape index (κ3) is 22.2. The number of rotatable bonds is 32. The van der Waals surface area contributed by atoms with Gasteiger partial charge in [0.1, 0.15) is 48.0 Å². The first-order valence-corrected chi connectivity index (χ1v) is 27.2. The highest BCUT2D eigenvalue weighted by Gasteiger charge is 2.41. The van der Waals surface area contributed by atoms with Gasteiger partial charge in [0.2, 0.25) is 41.4 Å². The van der Waals surface area contributed by atoms with Crippen LogP contribution in [0.5, 0.6) is 5.75 Å². The van der Waals surface area contributed by atoms with Crippen molar-refractivity contribution in [1.29, 1.82) is 0 Å². The summed E-state index contributed by atoms with van der Waals surface area (Å²) in [4.78, 5) is 132. The van der Waals surface area contributed by atoms with Crippen molar-refractivity contribution in [3.8, 4) is 5.75 Å². The molecule has 23 nitrogen and oxygen atoms in total. The van der Waals surface area contributed by atoms with Crippen LogP contribution in [-0.4, -0.2) is 141 Å². The standard InChI is InChI=1S/C49H82N9O14P/c1-10-30(8)41(57-42(61)33(51)24-27(2)3)47(66)55-37(26-31-16-18-32(19-17-31)72-73(9,70)71)44(63)54-36(25-28(4)5)45(64)56-40(29(6)7)48(67)58-23-13-15-38(58)46(65)52-34(20-21-39(59)60)43(62)53-35(49(68)69)14-11-12-22-50/h16-19,27-30,33-38,40-41H,10-15,20-26,50-51H2,1-9H3,(H,52,65)(H,53,62)(H,54,63)(H,55,66)(H,56,64)(H,57,61)(H,59,60)(H,68,69)(H,70,71)/t30-,33-,34-,35-,36-,37-,38-,40-,41-/m0/s1. The number of unbranched alkanes of at least 4 members (excludes halogenated alkanes) is 1. The zero-order valence-corrected chi connectivity index (χ0v) is 44.7. The second-order valence-electron chi connectivity index (χ2n) is 20.2. The minimum absolute atomic E-state index is 0.0429. The summed E-state index contributed by atoms with van der Waals surface area (Å²) >= 11 is 0. The summed E-state index contributed by atoms with van der Waals surface area (Å²) < 4.78 is 17.0. The van der Waals surface area contributed by atoms with E-state index >= 15 is 0 Å². The molecule has 1 aliphatic heterocycles. The first kappa shape index (κ1) is 63.5. The lowest BCUT2D eigenvalue weighted by Crippen LogP contribution is -2.61. The second kappa shape index (κ2) is 30.5. The number of carboxylic acids is 2. The summed E-state index contributed by atoms with van der Waals surface area (Å²) in [7, 11) is -3.91. The maximum Gasteiger partial charge on any atom is 0.373 e. The van der Waals surface area contributed by atoms with Gasteiger partial charge in [-0.2, -0.15) is 0 Å². The Morgan fingerprint density at radius 1 is 0.726 bits per heavy atom. The van der Waals surface area contributed by atoms with Crippen molar-refractivity contribution in [3.05, 3.63) is 29.8 Å². The molecule has 1 heterocycles. The summed E-state index contributed by atoms with van der Waals surface area (Å²) in [5.74, 6) is -8.70. The number of nitrogens with two attached hydrogens (primary N) is 2. The van der Waals surface area contributed by atoms with Crippen molar-refractivity contribution in [2.45, 2.75) is 174 Å². The van der Waals surface area contributed by atoms with E-state index in [2.05, 4.69) is 31.9 Å². The fraction of sp³-hybridized carbons (Fsp3) is 0.694. The van der Waals surface area contributed by atoms with Gasteiger partial charge in [0.25, 0.3) is 0 Å². The lowest BCUT2D eigenvalue weighted by Gasteiger charge is -2.32. The Balaban J connectivity index is 2.45. The topological polar surface area (TPSA) is 368 Å². The van der Waals surface area contributed by atoms with Crippen LogP contribution in [0.2, 0.25) is 0 Å². The molecule has 0 aliphatic carbocycles. The van der Waals surface area contributed by atoms with Crippen molar-refractivity contribution in [3.63, 3.8) is 0 Å². The zero-order valence-electron chi connectivity index (χ0n) is 43.8. The summed E-state index contributed by atoms with van der Waals surface area (Å²) in [6.45, 7) is 15.8. The maximum absolute atomic E-state index is 14.5. The lowest BCUT2D eigenvalue weighted by atomic mass is 9.95. The van der Waals surface area contributed by atoms with E-state index in [1.165, 1.54) is 29.2 Å². The van der Waals surface area contributed by atoms with Crippen LogP contribution in [0.3, 0.4) is 0 Å². The average molecular weight is 1050 g/mol. The molecule has 73 heavy (non-hydrogen) atoms. The van der Waals surface area contributed by atoms with Crippen molar-refractivity contribution in [2.24, 2.45) is 35.1 Å². The van der Waals surface area contributed by atoms with Gasteiger partial charge in [0.15, 0.2) is 0 Å². The molecule has 0 aromatic heterocycles. The quantitative estimate of drug-likeness (QED) is 0.0360. The molecule has 0 radical (unpaired) electrons. The summed E-state index contributed by atoms with van der Waals surface area (Å²) in [6, 6.07) is -3.91. The van der Waals surface area contributed by atoms with Crippen LogP contribution >= 0.6 is 7.60 Å². The third-order valence-electron chi connectivity index (χ3n) is 12.4. The molecule has 1 aliphatic rings. The van der Waals surface area contributed by atoms with Gasteiger partial charge < -0.3 is 67.9 Å². The summed E-state index contributed by atoms with van der Waals surface area (Å²) in [6.07, 6.45) is 1.28. The van der Waals surface area contributed by atoms with E-state index in [1.807, 2.05) is 34.6 Å². The van der Waals surface area contributed by atoms with Gasteiger partial charge in [-0.1, -0.05) is 73.9 Å². The molecular weight excluding hydrogens is 970 g/mol. The van der Waals surface area contributed by atoms with E-state index in [-0.39, 0.29) is 56.2 Å². The first-order chi connectivity index (χ1) is 34.1. The van der Waals surface area contributed by atoms with Crippen LogP contribution in [0.25, 0.3) is 0 Å². The van der Waals surface area contributed by atoms with Crippen molar-refractivity contribution >= 4 is 60.9 Å². The number of aliphatic carboxylic acids is 2. The summed E-state index contributed by atoms with van der Waals surface area (Å²) in [5.41, 5.74) is 12.2. The second-order valence-corrected chi connectivity index (χ2v) is 22.0. The molecule has 7 amide bonds. The molecule has 0 saturated carbocycles.